The first-order valence-corrected chi connectivity index (χ1v) is 7.65. The van der Waals surface area contributed by atoms with Crippen LogP contribution >= 0.6 is 11.8 Å². The number of nitrogens with zero attached hydrogens (tertiary/aromatic N) is 1. The molecule has 1 unspecified atom stereocenters. The van der Waals surface area contributed by atoms with Gasteiger partial charge in [0.1, 0.15) is 11.3 Å². The monoisotopic (exact) mass is 297 g/mol. The molecule has 20 heavy (non-hydrogen) atoms. The van der Waals surface area contributed by atoms with E-state index in [1.807, 2.05) is 13.2 Å². The largest absolute Gasteiger partial charge is 0.383 e. The minimum Gasteiger partial charge on any atom is -0.383 e. The molecule has 0 aromatic heterocycles. The smallest absolute Gasteiger partial charge is 0.305 e. The van der Waals surface area contributed by atoms with Crippen LogP contribution in [0.4, 0.5) is 11.4 Å². The zero-order valence-corrected chi connectivity index (χ0v) is 12.6. The zero-order valence-electron chi connectivity index (χ0n) is 11.8. The molecule has 0 bridgehead atoms. The summed E-state index contributed by atoms with van der Waals surface area (Å²) in [6, 6.07) is 4.65. The first-order chi connectivity index (χ1) is 9.51. The normalized spacial score (nSPS) is 11.8. The van der Waals surface area contributed by atoms with Gasteiger partial charge in [-0.25, -0.2) is 0 Å². The highest BCUT2D eigenvalue weighted by atomic mass is 32.2. The second kappa shape index (κ2) is 7.74. The Labute approximate surface area is 122 Å². The van der Waals surface area contributed by atoms with E-state index in [0.29, 0.717) is 5.69 Å². The van der Waals surface area contributed by atoms with Crippen molar-refractivity contribution in [2.45, 2.75) is 19.4 Å². The summed E-state index contributed by atoms with van der Waals surface area (Å²) in [5.41, 5.74) is 0.224. The number of nitro benzene ring substituents is 1. The van der Waals surface area contributed by atoms with Crippen LogP contribution < -0.4 is 10.6 Å². The van der Waals surface area contributed by atoms with Crippen molar-refractivity contribution in [2.24, 2.45) is 0 Å². The van der Waals surface area contributed by atoms with Gasteiger partial charge in [-0.2, -0.15) is 11.8 Å². The molecule has 0 saturated carbocycles. The first-order valence-electron chi connectivity index (χ1n) is 6.26. The summed E-state index contributed by atoms with van der Waals surface area (Å²) < 4.78 is 0. The molecule has 7 heteroatoms. The van der Waals surface area contributed by atoms with Gasteiger partial charge in [0, 0.05) is 13.1 Å². The van der Waals surface area contributed by atoms with Crippen molar-refractivity contribution in [1.82, 2.24) is 5.32 Å². The van der Waals surface area contributed by atoms with Crippen molar-refractivity contribution in [1.29, 1.82) is 0 Å². The van der Waals surface area contributed by atoms with Gasteiger partial charge < -0.3 is 10.6 Å². The Hall–Kier alpha value is -1.76. The molecule has 110 valence electrons. The number of amides is 1. The SMILES string of the molecule is CNc1cccc(C(=O)NC(C)CCSC)c1[N+](=O)[O-]. The standard InChI is InChI=1S/C13H19N3O3S/c1-9(7-8-20-3)15-13(17)10-5-4-6-11(14-2)12(10)16(18)19/h4-6,9,14H,7-8H2,1-3H3,(H,15,17). The Morgan fingerprint density at radius 3 is 2.75 bits per heavy atom. The average molecular weight is 297 g/mol. The zero-order chi connectivity index (χ0) is 15.1. The van der Waals surface area contributed by atoms with Crippen LogP contribution in [-0.4, -0.2) is 35.9 Å². The molecule has 0 fully saturated rings. The topological polar surface area (TPSA) is 84.3 Å². The Kier molecular flexibility index (Phi) is 6.30. The quantitative estimate of drug-likeness (QED) is 0.596. The summed E-state index contributed by atoms with van der Waals surface area (Å²) in [4.78, 5) is 22.8. The molecule has 0 saturated heterocycles. The predicted octanol–water partition coefficient (Wildman–Crippen LogP) is 2.51. The molecule has 0 spiro atoms. The fourth-order valence-electron chi connectivity index (χ4n) is 1.79. The third kappa shape index (κ3) is 4.12. The van der Waals surface area contributed by atoms with E-state index in [-0.39, 0.29) is 17.3 Å². The number of benzene rings is 1. The van der Waals surface area contributed by atoms with Crippen LogP contribution in [0.15, 0.2) is 18.2 Å². The fourth-order valence-corrected chi connectivity index (χ4v) is 2.38. The van der Waals surface area contributed by atoms with E-state index in [2.05, 4.69) is 10.6 Å². The number of anilines is 1. The minimum atomic E-state index is -0.534. The van der Waals surface area contributed by atoms with Gasteiger partial charge in [0.2, 0.25) is 0 Å². The van der Waals surface area contributed by atoms with Crippen molar-refractivity contribution in [3.05, 3.63) is 33.9 Å². The third-order valence-electron chi connectivity index (χ3n) is 2.87. The van der Waals surface area contributed by atoms with Crippen molar-refractivity contribution < 1.29 is 9.72 Å². The summed E-state index contributed by atoms with van der Waals surface area (Å²) in [6.45, 7) is 1.89. The highest BCUT2D eigenvalue weighted by Crippen LogP contribution is 2.28. The van der Waals surface area contributed by atoms with Gasteiger partial charge in [0.05, 0.1) is 4.92 Å². The third-order valence-corrected chi connectivity index (χ3v) is 3.51. The lowest BCUT2D eigenvalue weighted by molar-refractivity contribution is -0.384. The molecule has 0 radical (unpaired) electrons. The molecule has 2 N–H and O–H groups in total. The summed E-state index contributed by atoms with van der Waals surface area (Å²) in [5, 5.41) is 16.7. The highest BCUT2D eigenvalue weighted by molar-refractivity contribution is 7.98. The van der Waals surface area contributed by atoms with Crippen molar-refractivity contribution in [2.75, 3.05) is 24.4 Å². The second-order valence-electron chi connectivity index (χ2n) is 4.36. The van der Waals surface area contributed by atoms with Crippen LogP contribution in [0.3, 0.4) is 0 Å². The number of rotatable bonds is 7. The van der Waals surface area contributed by atoms with Gasteiger partial charge in [-0.15, -0.1) is 0 Å². The van der Waals surface area contributed by atoms with Crippen LogP contribution in [0.2, 0.25) is 0 Å². The number of carbonyl (C=O) groups excluding carboxylic acids is 1. The van der Waals surface area contributed by atoms with Gasteiger partial charge >= 0.3 is 5.69 Å². The van der Waals surface area contributed by atoms with Crippen molar-refractivity contribution in [3.8, 4) is 0 Å². The maximum Gasteiger partial charge on any atom is 0.305 e. The number of thioether (sulfide) groups is 1. The predicted molar refractivity (Wildman–Crippen MR) is 82.6 cm³/mol. The molecule has 1 aromatic carbocycles. The van der Waals surface area contributed by atoms with Gasteiger partial charge in [0.15, 0.2) is 0 Å². The van der Waals surface area contributed by atoms with Crippen LogP contribution in [0.5, 0.6) is 0 Å². The van der Waals surface area contributed by atoms with Crippen molar-refractivity contribution >= 4 is 29.0 Å². The van der Waals surface area contributed by atoms with E-state index in [4.69, 9.17) is 0 Å². The van der Waals surface area contributed by atoms with Gasteiger partial charge in [-0.3, -0.25) is 14.9 Å². The van der Waals surface area contributed by atoms with Crippen molar-refractivity contribution in [3.63, 3.8) is 0 Å². The van der Waals surface area contributed by atoms with Crippen LogP contribution in [-0.2, 0) is 0 Å². The summed E-state index contributed by atoms with van der Waals surface area (Å²) in [7, 11) is 1.59. The van der Waals surface area contributed by atoms with E-state index in [0.717, 1.165) is 12.2 Å². The average Bonchev–Trinajstić information content (AvgIpc) is 2.43. The maximum absolute atomic E-state index is 12.2. The van der Waals surface area contributed by atoms with Crippen LogP contribution in [0.25, 0.3) is 0 Å². The molecule has 1 atom stereocenters. The molecule has 6 nitrogen and oxygen atoms in total. The molecule has 0 heterocycles. The first kappa shape index (κ1) is 16.3. The number of nitro groups is 1. The lowest BCUT2D eigenvalue weighted by atomic mass is 10.1. The van der Waals surface area contributed by atoms with E-state index < -0.39 is 10.8 Å². The van der Waals surface area contributed by atoms with Crippen LogP contribution in [0.1, 0.15) is 23.7 Å². The summed E-state index contributed by atoms with van der Waals surface area (Å²) >= 11 is 1.70. The number of carbonyl (C=O) groups is 1. The lowest BCUT2D eigenvalue weighted by Gasteiger charge is -2.14. The molecule has 0 aliphatic heterocycles. The summed E-state index contributed by atoms with van der Waals surface area (Å²) in [6.07, 6.45) is 2.82. The highest BCUT2D eigenvalue weighted by Gasteiger charge is 2.24. The Balaban J connectivity index is 2.95. The number of para-hydroxylation sites is 1. The molecule has 1 aromatic rings. The second-order valence-corrected chi connectivity index (χ2v) is 5.35. The Morgan fingerprint density at radius 2 is 2.20 bits per heavy atom. The molecule has 0 aliphatic carbocycles. The minimum absolute atomic E-state index is 0.0206. The van der Waals surface area contributed by atoms with E-state index in [9.17, 15) is 14.9 Å². The molecule has 1 amide bonds. The number of nitrogens with one attached hydrogen (secondary N) is 2. The van der Waals surface area contributed by atoms with Gasteiger partial charge in [0.25, 0.3) is 5.91 Å². The van der Waals surface area contributed by atoms with Crippen LogP contribution in [0, 0.1) is 10.1 Å². The fraction of sp³-hybridized carbons (Fsp3) is 0.462. The number of hydrogen-bond acceptors (Lipinski definition) is 5. The van der Waals surface area contributed by atoms with E-state index in [1.54, 1.807) is 30.9 Å². The maximum atomic E-state index is 12.2. The number of hydrogen-bond donors (Lipinski definition) is 2. The van der Waals surface area contributed by atoms with Gasteiger partial charge in [-0.1, -0.05) is 6.07 Å². The summed E-state index contributed by atoms with van der Waals surface area (Å²) in [5.74, 6) is 0.516. The Morgan fingerprint density at radius 1 is 1.50 bits per heavy atom. The molecular weight excluding hydrogens is 278 g/mol. The molecular formula is C13H19N3O3S. The molecule has 1 rings (SSSR count). The van der Waals surface area contributed by atoms with E-state index in [1.165, 1.54) is 6.07 Å². The van der Waals surface area contributed by atoms with E-state index >= 15 is 0 Å². The molecule has 0 aliphatic rings. The Bertz CT molecular complexity index is 494. The van der Waals surface area contributed by atoms with Gasteiger partial charge in [-0.05, 0) is 37.5 Å². The lowest BCUT2D eigenvalue weighted by Crippen LogP contribution is -2.33.